The van der Waals surface area contributed by atoms with Gasteiger partial charge in [0.05, 0.1) is 23.4 Å². The van der Waals surface area contributed by atoms with Crippen LogP contribution < -0.4 is 4.74 Å². The van der Waals surface area contributed by atoms with Crippen molar-refractivity contribution in [2.45, 2.75) is 19.5 Å². The molecule has 0 radical (unpaired) electrons. The SMILES string of the molecule is Cc1ncsc1CCOc1ccc(C=O)c(C(F)(F)F)c1. The highest BCUT2D eigenvalue weighted by molar-refractivity contribution is 7.09. The van der Waals surface area contributed by atoms with E-state index in [1.807, 2.05) is 6.92 Å². The van der Waals surface area contributed by atoms with E-state index in [-0.39, 0.29) is 18.6 Å². The molecule has 0 aliphatic carbocycles. The van der Waals surface area contributed by atoms with Crippen LogP contribution in [0.1, 0.15) is 26.5 Å². The Labute approximate surface area is 123 Å². The maximum atomic E-state index is 12.8. The fourth-order valence-electron chi connectivity index (χ4n) is 1.80. The molecule has 21 heavy (non-hydrogen) atoms. The number of thiazole rings is 1. The number of aromatic nitrogens is 1. The molecule has 0 N–H and O–H groups in total. The highest BCUT2D eigenvalue weighted by Gasteiger charge is 2.33. The van der Waals surface area contributed by atoms with Gasteiger partial charge < -0.3 is 4.74 Å². The minimum Gasteiger partial charge on any atom is -0.493 e. The van der Waals surface area contributed by atoms with Gasteiger partial charge in [-0.2, -0.15) is 13.2 Å². The van der Waals surface area contributed by atoms with E-state index in [4.69, 9.17) is 4.74 Å². The van der Waals surface area contributed by atoms with E-state index >= 15 is 0 Å². The van der Waals surface area contributed by atoms with Gasteiger partial charge in [0.2, 0.25) is 0 Å². The van der Waals surface area contributed by atoms with E-state index in [0.717, 1.165) is 22.7 Å². The van der Waals surface area contributed by atoms with Crippen molar-refractivity contribution in [3.63, 3.8) is 0 Å². The van der Waals surface area contributed by atoms with Crippen LogP contribution in [0.4, 0.5) is 13.2 Å². The van der Waals surface area contributed by atoms with E-state index in [9.17, 15) is 18.0 Å². The van der Waals surface area contributed by atoms with E-state index in [1.165, 1.54) is 17.4 Å². The first-order chi connectivity index (χ1) is 9.91. The third-order valence-electron chi connectivity index (χ3n) is 2.90. The van der Waals surface area contributed by atoms with Crippen LogP contribution in [0.25, 0.3) is 0 Å². The second kappa shape index (κ2) is 6.26. The monoisotopic (exact) mass is 315 g/mol. The number of aryl methyl sites for hydroxylation is 1. The van der Waals surface area contributed by atoms with Crippen molar-refractivity contribution in [3.05, 3.63) is 45.4 Å². The normalized spacial score (nSPS) is 11.4. The lowest BCUT2D eigenvalue weighted by Gasteiger charge is -2.12. The molecule has 0 saturated heterocycles. The van der Waals surface area contributed by atoms with E-state index in [1.54, 1.807) is 5.51 Å². The third-order valence-corrected chi connectivity index (χ3v) is 3.89. The molecule has 7 heteroatoms. The fourth-order valence-corrected chi connectivity index (χ4v) is 2.56. The molecule has 2 aromatic rings. The van der Waals surface area contributed by atoms with Gasteiger partial charge in [-0.25, -0.2) is 4.98 Å². The van der Waals surface area contributed by atoms with Gasteiger partial charge in [-0.05, 0) is 25.1 Å². The largest absolute Gasteiger partial charge is 0.493 e. The van der Waals surface area contributed by atoms with Crippen molar-refractivity contribution in [1.82, 2.24) is 4.98 Å². The average Bonchev–Trinajstić information content (AvgIpc) is 2.83. The van der Waals surface area contributed by atoms with Crippen LogP contribution in [0.3, 0.4) is 0 Å². The zero-order valence-electron chi connectivity index (χ0n) is 11.1. The van der Waals surface area contributed by atoms with Gasteiger partial charge in [0.25, 0.3) is 0 Å². The summed E-state index contributed by atoms with van der Waals surface area (Å²) in [4.78, 5) is 15.8. The number of ether oxygens (including phenoxy) is 1. The second-order valence-corrected chi connectivity index (χ2v) is 5.26. The molecule has 0 bridgehead atoms. The number of carbonyl (C=O) groups is 1. The Hall–Kier alpha value is -1.89. The molecule has 0 atom stereocenters. The van der Waals surface area contributed by atoms with Crippen LogP contribution in [0.2, 0.25) is 0 Å². The third kappa shape index (κ3) is 3.81. The Kier molecular flexibility index (Phi) is 4.62. The number of carbonyl (C=O) groups excluding carboxylic acids is 1. The highest BCUT2D eigenvalue weighted by Crippen LogP contribution is 2.33. The van der Waals surface area contributed by atoms with Crippen molar-refractivity contribution < 1.29 is 22.7 Å². The summed E-state index contributed by atoms with van der Waals surface area (Å²) < 4.78 is 43.7. The number of halogens is 3. The maximum absolute atomic E-state index is 12.8. The Morgan fingerprint density at radius 1 is 1.38 bits per heavy atom. The predicted molar refractivity (Wildman–Crippen MR) is 72.9 cm³/mol. The Morgan fingerprint density at radius 2 is 2.14 bits per heavy atom. The number of aldehydes is 1. The molecular formula is C14H12F3NO2S. The molecule has 0 aliphatic rings. The number of rotatable bonds is 5. The van der Waals surface area contributed by atoms with Gasteiger partial charge >= 0.3 is 6.18 Å². The molecular weight excluding hydrogens is 303 g/mol. The van der Waals surface area contributed by atoms with Crippen molar-refractivity contribution in [2.24, 2.45) is 0 Å². The van der Waals surface area contributed by atoms with Gasteiger partial charge in [0.15, 0.2) is 6.29 Å². The first-order valence-electron chi connectivity index (χ1n) is 6.10. The van der Waals surface area contributed by atoms with Crippen molar-refractivity contribution in [3.8, 4) is 5.75 Å². The minimum atomic E-state index is -4.58. The van der Waals surface area contributed by atoms with Crippen LogP contribution in [0, 0.1) is 6.92 Å². The molecule has 3 nitrogen and oxygen atoms in total. The van der Waals surface area contributed by atoms with E-state index in [2.05, 4.69) is 4.98 Å². The fraction of sp³-hybridized carbons (Fsp3) is 0.286. The standard InChI is InChI=1S/C14H12F3NO2S/c1-9-13(21-8-18-9)4-5-20-11-3-2-10(7-19)12(6-11)14(15,16)17/h2-3,6-8H,4-5H2,1H3. The van der Waals surface area contributed by atoms with Gasteiger partial charge in [-0.15, -0.1) is 11.3 Å². The summed E-state index contributed by atoms with van der Waals surface area (Å²) in [6.07, 6.45) is -3.82. The average molecular weight is 315 g/mol. The van der Waals surface area contributed by atoms with Gasteiger partial charge in [0.1, 0.15) is 5.75 Å². The first kappa shape index (κ1) is 15.5. The van der Waals surface area contributed by atoms with E-state index < -0.39 is 17.3 Å². The molecule has 0 amide bonds. The second-order valence-electron chi connectivity index (χ2n) is 4.32. The number of benzene rings is 1. The molecule has 1 aromatic carbocycles. The van der Waals surface area contributed by atoms with Crippen LogP contribution >= 0.6 is 11.3 Å². The molecule has 1 aromatic heterocycles. The summed E-state index contributed by atoms with van der Waals surface area (Å²) in [5, 5.41) is 0. The molecule has 0 saturated carbocycles. The zero-order chi connectivity index (χ0) is 15.5. The van der Waals surface area contributed by atoms with Gasteiger partial charge in [0, 0.05) is 16.9 Å². The quantitative estimate of drug-likeness (QED) is 0.785. The van der Waals surface area contributed by atoms with Crippen LogP contribution in [0.15, 0.2) is 23.7 Å². The molecule has 112 valence electrons. The van der Waals surface area contributed by atoms with Gasteiger partial charge in [-0.1, -0.05) is 0 Å². The van der Waals surface area contributed by atoms with Crippen LogP contribution in [-0.4, -0.2) is 17.9 Å². The Bertz CT molecular complexity index is 637. The number of hydrogen-bond acceptors (Lipinski definition) is 4. The molecule has 0 fully saturated rings. The molecule has 0 aliphatic heterocycles. The van der Waals surface area contributed by atoms with Gasteiger partial charge in [-0.3, -0.25) is 4.79 Å². The molecule has 2 rings (SSSR count). The number of alkyl halides is 3. The lowest BCUT2D eigenvalue weighted by atomic mass is 10.1. The summed E-state index contributed by atoms with van der Waals surface area (Å²) in [5.41, 5.74) is 1.23. The summed E-state index contributed by atoms with van der Waals surface area (Å²) in [6.45, 7) is 2.12. The highest BCUT2D eigenvalue weighted by atomic mass is 32.1. The summed E-state index contributed by atoms with van der Waals surface area (Å²) in [5.74, 6) is 0.0927. The number of hydrogen-bond donors (Lipinski definition) is 0. The summed E-state index contributed by atoms with van der Waals surface area (Å²) in [6, 6.07) is 3.32. The summed E-state index contributed by atoms with van der Waals surface area (Å²) in [7, 11) is 0. The molecule has 0 unspecified atom stereocenters. The molecule has 0 spiro atoms. The van der Waals surface area contributed by atoms with Crippen molar-refractivity contribution in [1.29, 1.82) is 0 Å². The first-order valence-corrected chi connectivity index (χ1v) is 6.98. The lowest BCUT2D eigenvalue weighted by molar-refractivity contribution is -0.137. The van der Waals surface area contributed by atoms with Crippen LogP contribution in [0.5, 0.6) is 5.75 Å². The smallest absolute Gasteiger partial charge is 0.417 e. The Balaban J connectivity index is 2.07. The van der Waals surface area contributed by atoms with Crippen LogP contribution in [-0.2, 0) is 12.6 Å². The Morgan fingerprint density at radius 3 is 2.71 bits per heavy atom. The minimum absolute atomic E-state index is 0.0927. The topological polar surface area (TPSA) is 39.2 Å². The lowest BCUT2D eigenvalue weighted by Crippen LogP contribution is -2.10. The van der Waals surface area contributed by atoms with Crippen molar-refractivity contribution in [2.75, 3.05) is 6.61 Å². The zero-order valence-corrected chi connectivity index (χ0v) is 11.9. The predicted octanol–water partition coefficient (Wildman–Crippen LogP) is 3.90. The number of nitrogens with zero attached hydrogens (tertiary/aromatic N) is 1. The maximum Gasteiger partial charge on any atom is 0.417 e. The van der Waals surface area contributed by atoms with Crippen molar-refractivity contribution >= 4 is 17.6 Å². The van der Waals surface area contributed by atoms with E-state index in [0.29, 0.717) is 6.42 Å². The molecule has 1 heterocycles. The summed E-state index contributed by atoms with van der Waals surface area (Å²) >= 11 is 1.48.